The SMILES string of the molecule is CCC1CCCCN1C(=O)CSc1nn(-c2ccccc2)c(=S)s1. The number of hydrogen-bond donors (Lipinski definition) is 0. The molecule has 1 atom stereocenters. The highest BCUT2D eigenvalue weighted by Crippen LogP contribution is 2.26. The molecule has 128 valence electrons. The molecular formula is C17H21N3OS3. The molecule has 0 spiro atoms. The van der Waals surface area contributed by atoms with Crippen LogP contribution < -0.4 is 0 Å². The monoisotopic (exact) mass is 379 g/mol. The summed E-state index contributed by atoms with van der Waals surface area (Å²) < 4.78 is 3.32. The fourth-order valence-electron chi connectivity index (χ4n) is 3.01. The number of amides is 1. The molecule has 0 N–H and O–H groups in total. The van der Waals surface area contributed by atoms with Crippen molar-refractivity contribution in [3.63, 3.8) is 0 Å². The largest absolute Gasteiger partial charge is 0.339 e. The first-order valence-corrected chi connectivity index (χ1v) is 10.5. The molecule has 1 amide bonds. The second-order valence-corrected chi connectivity index (χ2v) is 8.66. The predicted molar refractivity (Wildman–Crippen MR) is 103 cm³/mol. The molecule has 3 rings (SSSR count). The Morgan fingerprint density at radius 2 is 2.17 bits per heavy atom. The first-order chi connectivity index (χ1) is 11.7. The fraction of sp³-hybridized carbons (Fsp3) is 0.471. The normalized spacial score (nSPS) is 17.9. The molecule has 1 aliphatic rings. The van der Waals surface area contributed by atoms with Crippen molar-refractivity contribution in [1.29, 1.82) is 0 Å². The Morgan fingerprint density at radius 3 is 2.92 bits per heavy atom. The van der Waals surface area contributed by atoms with Crippen molar-refractivity contribution >= 4 is 41.2 Å². The average molecular weight is 380 g/mol. The Hall–Kier alpha value is -1.18. The van der Waals surface area contributed by atoms with Crippen LogP contribution in [0.15, 0.2) is 34.7 Å². The van der Waals surface area contributed by atoms with Gasteiger partial charge in [0.2, 0.25) is 5.91 Å². The summed E-state index contributed by atoms with van der Waals surface area (Å²) in [6.07, 6.45) is 4.53. The summed E-state index contributed by atoms with van der Waals surface area (Å²) in [6.45, 7) is 3.06. The molecule has 7 heteroatoms. The summed E-state index contributed by atoms with van der Waals surface area (Å²) in [5, 5.41) is 4.56. The van der Waals surface area contributed by atoms with Crippen LogP contribution in [0.4, 0.5) is 0 Å². The summed E-state index contributed by atoms with van der Waals surface area (Å²) in [4.78, 5) is 14.6. The zero-order valence-corrected chi connectivity index (χ0v) is 16.1. The number of carbonyl (C=O) groups excluding carboxylic acids is 1. The highest BCUT2D eigenvalue weighted by molar-refractivity contribution is 8.01. The lowest BCUT2D eigenvalue weighted by molar-refractivity contribution is -0.132. The number of nitrogens with zero attached hydrogens (tertiary/aromatic N) is 3. The highest BCUT2D eigenvalue weighted by Gasteiger charge is 2.25. The van der Waals surface area contributed by atoms with Crippen molar-refractivity contribution in [2.24, 2.45) is 0 Å². The molecule has 0 saturated carbocycles. The molecule has 0 radical (unpaired) electrons. The third-order valence-electron chi connectivity index (χ3n) is 4.27. The summed E-state index contributed by atoms with van der Waals surface area (Å²) in [5.41, 5.74) is 0.957. The Balaban J connectivity index is 1.65. The van der Waals surface area contributed by atoms with Gasteiger partial charge in [-0.25, -0.2) is 4.68 Å². The first kappa shape index (κ1) is 17.6. The lowest BCUT2D eigenvalue weighted by atomic mass is 10.0. The van der Waals surface area contributed by atoms with E-state index in [0.29, 0.717) is 15.7 Å². The van der Waals surface area contributed by atoms with Crippen LogP contribution >= 0.6 is 35.3 Å². The lowest BCUT2D eigenvalue weighted by Gasteiger charge is -2.35. The van der Waals surface area contributed by atoms with Gasteiger partial charge in [0.1, 0.15) is 0 Å². The van der Waals surface area contributed by atoms with Crippen LogP contribution in [0.2, 0.25) is 0 Å². The van der Waals surface area contributed by atoms with Crippen molar-refractivity contribution in [2.75, 3.05) is 12.3 Å². The number of aromatic nitrogens is 2. The zero-order valence-electron chi connectivity index (χ0n) is 13.7. The van der Waals surface area contributed by atoms with Gasteiger partial charge in [-0.15, -0.1) is 5.10 Å². The molecule has 4 nitrogen and oxygen atoms in total. The molecule has 24 heavy (non-hydrogen) atoms. The van der Waals surface area contributed by atoms with E-state index in [-0.39, 0.29) is 5.91 Å². The number of rotatable bonds is 5. The smallest absolute Gasteiger partial charge is 0.233 e. The van der Waals surface area contributed by atoms with Crippen LogP contribution in [0.5, 0.6) is 0 Å². The van der Waals surface area contributed by atoms with Gasteiger partial charge < -0.3 is 4.90 Å². The van der Waals surface area contributed by atoms with Gasteiger partial charge in [-0.05, 0) is 50.0 Å². The molecule has 1 aromatic carbocycles. The molecule has 0 aliphatic carbocycles. The lowest BCUT2D eigenvalue weighted by Crippen LogP contribution is -2.44. The number of benzene rings is 1. The van der Waals surface area contributed by atoms with Crippen molar-refractivity contribution in [3.05, 3.63) is 34.3 Å². The number of para-hydroxylation sites is 1. The first-order valence-electron chi connectivity index (χ1n) is 8.27. The van der Waals surface area contributed by atoms with E-state index in [1.54, 1.807) is 4.68 Å². The maximum atomic E-state index is 12.6. The number of hydrogen-bond acceptors (Lipinski definition) is 5. The number of likely N-dealkylation sites (tertiary alicyclic amines) is 1. The van der Waals surface area contributed by atoms with E-state index >= 15 is 0 Å². The van der Waals surface area contributed by atoms with Gasteiger partial charge in [-0.1, -0.05) is 48.2 Å². The van der Waals surface area contributed by atoms with Crippen molar-refractivity contribution < 1.29 is 4.79 Å². The molecule has 1 fully saturated rings. The summed E-state index contributed by atoms with van der Waals surface area (Å²) in [6, 6.07) is 10.3. The standard InChI is InChI=1S/C17H21N3OS3/c1-2-13-8-6-7-11-19(13)15(21)12-23-16-18-20(17(22)24-16)14-9-4-3-5-10-14/h3-5,9-10,13H,2,6-8,11-12H2,1H3. The van der Waals surface area contributed by atoms with Crippen molar-refractivity contribution in [2.45, 2.75) is 43.0 Å². The van der Waals surface area contributed by atoms with Crippen molar-refractivity contribution in [1.82, 2.24) is 14.7 Å². The van der Waals surface area contributed by atoms with E-state index in [2.05, 4.69) is 16.9 Å². The Morgan fingerprint density at radius 1 is 1.38 bits per heavy atom. The van der Waals surface area contributed by atoms with Gasteiger partial charge in [0, 0.05) is 12.6 Å². The second kappa shape index (κ2) is 8.27. The van der Waals surface area contributed by atoms with E-state index < -0.39 is 0 Å². The summed E-state index contributed by atoms with van der Waals surface area (Å²) in [5.74, 6) is 0.659. The fourth-order valence-corrected chi connectivity index (χ4v) is 5.26. The second-order valence-electron chi connectivity index (χ2n) is 5.81. The predicted octanol–water partition coefficient (Wildman–Crippen LogP) is 4.55. The molecule has 0 bridgehead atoms. The van der Waals surface area contributed by atoms with Gasteiger partial charge in [0.25, 0.3) is 0 Å². The maximum absolute atomic E-state index is 12.6. The molecule has 1 aromatic heterocycles. The molecule has 1 aliphatic heterocycles. The maximum Gasteiger partial charge on any atom is 0.233 e. The van der Waals surface area contributed by atoms with E-state index in [0.717, 1.165) is 35.8 Å². The zero-order chi connectivity index (χ0) is 16.9. The Bertz CT molecular complexity index is 741. The molecule has 1 saturated heterocycles. The minimum absolute atomic E-state index is 0.221. The van der Waals surface area contributed by atoms with E-state index in [1.165, 1.54) is 29.5 Å². The number of thioether (sulfide) groups is 1. The van der Waals surface area contributed by atoms with Crippen LogP contribution in [0.25, 0.3) is 5.69 Å². The van der Waals surface area contributed by atoms with Gasteiger partial charge in [0.15, 0.2) is 8.29 Å². The van der Waals surface area contributed by atoms with Crippen LogP contribution in [0.3, 0.4) is 0 Å². The van der Waals surface area contributed by atoms with Gasteiger partial charge in [0.05, 0.1) is 11.4 Å². The van der Waals surface area contributed by atoms with Crippen LogP contribution in [-0.4, -0.2) is 38.9 Å². The minimum Gasteiger partial charge on any atom is -0.339 e. The third-order valence-corrected chi connectivity index (χ3v) is 6.62. The van der Waals surface area contributed by atoms with E-state index in [1.807, 2.05) is 30.3 Å². The highest BCUT2D eigenvalue weighted by atomic mass is 32.2. The molecule has 2 aromatic rings. The molecular weight excluding hydrogens is 358 g/mol. The van der Waals surface area contributed by atoms with E-state index in [4.69, 9.17) is 12.2 Å². The molecule has 1 unspecified atom stereocenters. The Labute approximate surface area is 155 Å². The van der Waals surface area contributed by atoms with Crippen LogP contribution in [0, 0.1) is 3.95 Å². The Kier molecular flexibility index (Phi) is 6.08. The van der Waals surface area contributed by atoms with Gasteiger partial charge in [-0.3, -0.25) is 4.79 Å². The van der Waals surface area contributed by atoms with Gasteiger partial charge >= 0.3 is 0 Å². The number of carbonyl (C=O) groups is 1. The molecule has 2 heterocycles. The minimum atomic E-state index is 0.221. The third kappa shape index (κ3) is 4.07. The topological polar surface area (TPSA) is 38.1 Å². The van der Waals surface area contributed by atoms with Crippen LogP contribution in [-0.2, 0) is 4.79 Å². The summed E-state index contributed by atoms with van der Waals surface area (Å²) in [7, 11) is 0. The number of piperidine rings is 1. The average Bonchev–Trinajstić information content (AvgIpc) is 3.01. The van der Waals surface area contributed by atoms with Gasteiger partial charge in [-0.2, -0.15) is 0 Å². The quantitative estimate of drug-likeness (QED) is 0.564. The van der Waals surface area contributed by atoms with Crippen LogP contribution in [0.1, 0.15) is 32.6 Å². The summed E-state index contributed by atoms with van der Waals surface area (Å²) >= 11 is 8.36. The van der Waals surface area contributed by atoms with E-state index in [9.17, 15) is 4.79 Å². The van der Waals surface area contributed by atoms with Crippen molar-refractivity contribution in [3.8, 4) is 5.69 Å².